The molecule has 1 fully saturated rings. The van der Waals surface area contributed by atoms with Crippen molar-refractivity contribution in [1.29, 1.82) is 0 Å². The highest BCUT2D eigenvalue weighted by Gasteiger charge is 2.54. The number of carbonyl (C=O) groups excluding carboxylic acids is 1. The fraction of sp³-hybridized carbons (Fsp3) is 0.706. The quantitative estimate of drug-likeness (QED) is 0.797. The normalized spacial score (nSPS) is 30.5. The van der Waals surface area contributed by atoms with E-state index in [4.69, 9.17) is 9.72 Å². The van der Waals surface area contributed by atoms with Crippen LogP contribution in [0.25, 0.3) is 0 Å². The van der Waals surface area contributed by atoms with E-state index in [0.717, 1.165) is 36.3 Å². The minimum absolute atomic E-state index is 0.0496. The Morgan fingerprint density at radius 3 is 2.57 bits per heavy atom. The fourth-order valence-corrected chi connectivity index (χ4v) is 4.55. The van der Waals surface area contributed by atoms with Crippen LogP contribution in [0.15, 0.2) is 0 Å². The summed E-state index contributed by atoms with van der Waals surface area (Å²) in [4.78, 5) is 21.5. The molecule has 4 heteroatoms. The summed E-state index contributed by atoms with van der Waals surface area (Å²) in [7, 11) is 1.67. The number of ether oxygens (including phenoxy) is 1. The van der Waals surface area contributed by atoms with Crippen LogP contribution in [0.2, 0.25) is 0 Å². The topological polar surface area (TPSA) is 52.1 Å². The number of aromatic nitrogens is 2. The molecule has 0 aromatic carbocycles. The molecule has 1 aromatic heterocycles. The molecule has 0 spiro atoms. The molecule has 1 aromatic rings. The zero-order valence-corrected chi connectivity index (χ0v) is 13.6. The van der Waals surface area contributed by atoms with Crippen molar-refractivity contribution in [3.63, 3.8) is 0 Å². The van der Waals surface area contributed by atoms with Gasteiger partial charge >= 0.3 is 0 Å². The van der Waals surface area contributed by atoms with Crippen LogP contribution >= 0.6 is 0 Å². The number of fused-ring (bicyclic) bond motifs is 3. The maximum Gasteiger partial charge on any atom is 0.219 e. The average Bonchev–Trinajstić information content (AvgIpc) is 2.43. The molecule has 2 atom stereocenters. The highest BCUT2D eigenvalue weighted by atomic mass is 16.5. The molecule has 2 aliphatic carbocycles. The second kappa shape index (κ2) is 4.52. The van der Waals surface area contributed by atoms with E-state index in [2.05, 4.69) is 25.8 Å². The molecule has 0 N–H and O–H groups in total. The van der Waals surface area contributed by atoms with Gasteiger partial charge in [-0.1, -0.05) is 20.8 Å². The molecule has 4 nitrogen and oxygen atoms in total. The van der Waals surface area contributed by atoms with Gasteiger partial charge in [-0.05, 0) is 32.1 Å². The van der Waals surface area contributed by atoms with Gasteiger partial charge in [-0.2, -0.15) is 4.98 Å². The van der Waals surface area contributed by atoms with E-state index in [1.807, 2.05) is 6.92 Å². The molecule has 1 heterocycles. The number of Topliss-reactive ketones (excluding diaryl/α,β-unsaturated/α-hetero) is 1. The van der Waals surface area contributed by atoms with Crippen molar-refractivity contribution in [3.8, 4) is 5.88 Å². The van der Waals surface area contributed by atoms with Gasteiger partial charge in [-0.15, -0.1) is 0 Å². The van der Waals surface area contributed by atoms with Crippen molar-refractivity contribution < 1.29 is 9.53 Å². The fourth-order valence-electron chi connectivity index (χ4n) is 4.55. The molecule has 21 heavy (non-hydrogen) atoms. The van der Waals surface area contributed by atoms with Crippen LogP contribution in [0.4, 0.5) is 0 Å². The molecular formula is C17H24N2O2. The van der Waals surface area contributed by atoms with Gasteiger partial charge in [0, 0.05) is 22.8 Å². The first-order chi connectivity index (χ1) is 9.80. The standard InChI is InChI=1S/C17H24N2O2/c1-10-18-14-11(15(19-10)21-5)6-7-12-16(2,3)13(20)8-9-17(12,14)4/h12H,6-9H2,1-5H3. The minimum Gasteiger partial charge on any atom is -0.481 e. The molecule has 2 unspecified atom stereocenters. The largest absolute Gasteiger partial charge is 0.481 e. The number of nitrogens with zero attached hydrogens (tertiary/aromatic N) is 2. The van der Waals surface area contributed by atoms with Crippen LogP contribution in [-0.4, -0.2) is 22.9 Å². The van der Waals surface area contributed by atoms with Crippen LogP contribution in [0.1, 0.15) is 57.1 Å². The summed E-state index contributed by atoms with van der Waals surface area (Å²) in [6, 6.07) is 0. The Morgan fingerprint density at radius 2 is 1.90 bits per heavy atom. The van der Waals surface area contributed by atoms with Crippen molar-refractivity contribution in [2.75, 3.05) is 7.11 Å². The third-order valence-electron chi connectivity index (χ3n) is 5.73. The highest BCUT2D eigenvalue weighted by molar-refractivity contribution is 5.86. The summed E-state index contributed by atoms with van der Waals surface area (Å²) in [6.07, 6.45) is 3.43. The molecule has 114 valence electrons. The SMILES string of the molecule is COc1nc(C)nc2c1CCC1C(C)(C)C(=O)CCC21C. The molecule has 0 saturated heterocycles. The number of rotatable bonds is 1. The van der Waals surface area contributed by atoms with Crippen LogP contribution in [-0.2, 0) is 16.6 Å². The lowest BCUT2D eigenvalue weighted by atomic mass is 9.51. The first-order valence-corrected chi connectivity index (χ1v) is 7.76. The van der Waals surface area contributed by atoms with E-state index in [9.17, 15) is 4.79 Å². The van der Waals surface area contributed by atoms with Gasteiger partial charge in [0.1, 0.15) is 11.6 Å². The van der Waals surface area contributed by atoms with E-state index in [0.29, 0.717) is 24.0 Å². The Balaban J connectivity index is 2.18. The minimum atomic E-state index is -0.267. The van der Waals surface area contributed by atoms with Gasteiger partial charge in [0.05, 0.1) is 12.8 Å². The monoisotopic (exact) mass is 288 g/mol. The summed E-state index contributed by atoms with van der Waals surface area (Å²) >= 11 is 0. The molecule has 2 aliphatic rings. The van der Waals surface area contributed by atoms with Crippen molar-refractivity contribution >= 4 is 5.78 Å². The molecule has 1 saturated carbocycles. The summed E-state index contributed by atoms with van der Waals surface area (Å²) in [6.45, 7) is 8.39. The maximum atomic E-state index is 12.4. The Kier molecular flexibility index (Phi) is 3.12. The van der Waals surface area contributed by atoms with Crippen LogP contribution in [0, 0.1) is 18.3 Å². The second-order valence-electron chi connectivity index (χ2n) is 7.26. The Morgan fingerprint density at radius 1 is 1.19 bits per heavy atom. The zero-order chi connectivity index (χ0) is 15.4. The smallest absolute Gasteiger partial charge is 0.219 e. The Hall–Kier alpha value is -1.45. The van der Waals surface area contributed by atoms with Crippen LogP contribution < -0.4 is 4.74 Å². The third-order valence-corrected chi connectivity index (χ3v) is 5.73. The van der Waals surface area contributed by atoms with E-state index >= 15 is 0 Å². The van der Waals surface area contributed by atoms with Gasteiger partial charge in [0.25, 0.3) is 0 Å². The van der Waals surface area contributed by atoms with Crippen molar-refractivity contribution in [2.45, 2.75) is 58.8 Å². The van der Waals surface area contributed by atoms with Gasteiger partial charge in [-0.25, -0.2) is 4.98 Å². The molecule has 3 rings (SSSR count). The van der Waals surface area contributed by atoms with E-state index in [1.165, 1.54) is 0 Å². The number of hydrogen-bond donors (Lipinski definition) is 0. The van der Waals surface area contributed by atoms with Crippen molar-refractivity contribution in [2.24, 2.45) is 11.3 Å². The lowest BCUT2D eigenvalue weighted by Crippen LogP contribution is -2.52. The van der Waals surface area contributed by atoms with Crippen molar-refractivity contribution in [3.05, 3.63) is 17.1 Å². The Bertz CT molecular complexity index is 609. The second-order valence-corrected chi connectivity index (χ2v) is 7.26. The Labute approximate surface area is 126 Å². The van der Waals surface area contributed by atoms with Crippen LogP contribution in [0.3, 0.4) is 0 Å². The average molecular weight is 288 g/mol. The number of carbonyl (C=O) groups is 1. The number of ketones is 1. The predicted octanol–water partition coefficient (Wildman–Crippen LogP) is 3.00. The summed E-state index contributed by atoms with van der Waals surface area (Å²) < 4.78 is 5.47. The molecule has 0 radical (unpaired) electrons. The number of hydrogen-bond acceptors (Lipinski definition) is 4. The van der Waals surface area contributed by atoms with Gasteiger partial charge in [0.15, 0.2) is 0 Å². The number of methoxy groups -OCH3 is 1. The zero-order valence-electron chi connectivity index (χ0n) is 13.6. The van der Waals surface area contributed by atoms with E-state index < -0.39 is 0 Å². The molecule has 0 amide bonds. The number of aryl methyl sites for hydroxylation is 1. The van der Waals surface area contributed by atoms with E-state index in [-0.39, 0.29) is 10.8 Å². The lowest BCUT2D eigenvalue weighted by Gasteiger charge is -2.52. The maximum absolute atomic E-state index is 12.4. The van der Waals surface area contributed by atoms with Crippen LogP contribution in [0.5, 0.6) is 5.88 Å². The molecule has 0 aliphatic heterocycles. The van der Waals surface area contributed by atoms with Crippen molar-refractivity contribution in [1.82, 2.24) is 9.97 Å². The lowest BCUT2D eigenvalue weighted by molar-refractivity contribution is -0.137. The summed E-state index contributed by atoms with van der Waals surface area (Å²) in [5.41, 5.74) is 1.94. The van der Waals surface area contributed by atoms with E-state index in [1.54, 1.807) is 7.11 Å². The third kappa shape index (κ3) is 1.91. The molecule has 0 bridgehead atoms. The summed E-state index contributed by atoms with van der Waals surface area (Å²) in [5, 5.41) is 0. The first-order valence-electron chi connectivity index (χ1n) is 7.76. The summed E-state index contributed by atoms with van der Waals surface area (Å²) in [5.74, 6) is 2.21. The highest BCUT2D eigenvalue weighted by Crippen LogP contribution is 2.55. The predicted molar refractivity (Wildman–Crippen MR) is 80.5 cm³/mol. The first kappa shape index (κ1) is 14.5. The van der Waals surface area contributed by atoms with Gasteiger partial charge in [-0.3, -0.25) is 4.79 Å². The van der Waals surface area contributed by atoms with Gasteiger partial charge in [0.2, 0.25) is 5.88 Å². The van der Waals surface area contributed by atoms with Gasteiger partial charge < -0.3 is 4.74 Å². The molecular weight excluding hydrogens is 264 g/mol.